The molecule has 0 amide bonds. The summed E-state index contributed by atoms with van der Waals surface area (Å²) in [6, 6.07) is 110. The number of benzene rings is 11. The predicted molar refractivity (Wildman–Crippen MR) is 307 cm³/mol. The van der Waals surface area contributed by atoms with Gasteiger partial charge in [0, 0.05) is 32.4 Å². The molecule has 0 N–H and O–H groups in total. The lowest BCUT2D eigenvalue weighted by atomic mass is 10.1. The van der Waals surface area contributed by atoms with Gasteiger partial charge in [-0.2, -0.15) is 0 Å². The summed E-state index contributed by atoms with van der Waals surface area (Å²) in [5.74, 6) is 0. The molecule has 0 fully saturated rings. The van der Waals surface area contributed by atoms with Crippen LogP contribution in [0.15, 0.2) is 303 Å². The minimum Gasteiger partial charge on any atom is -0.309 e. The first-order valence-electron chi connectivity index (χ1n) is 24.4. The van der Waals surface area contributed by atoms with E-state index in [4.69, 9.17) is 0 Å². The zero-order valence-electron chi connectivity index (χ0n) is 39.2. The van der Waals surface area contributed by atoms with Gasteiger partial charge in [0.2, 0.25) is 0 Å². The van der Waals surface area contributed by atoms with E-state index in [0.717, 1.165) is 32.6 Å². The van der Waals surface area contributed by atoms with E-state index in [1.165, 1.54) is 52.3 Å². The van der Waals surface area contributed by atoms with E-state index in [1.54, 1.807) is 0 Å². The summed E-state index contributed by atoms with van der Waals surface area (Å²) in [5.41, 5.74) is 3.25. The van der Waals surface area contributed by atoms with Gasteiger partial charge >= 0.3 is 0 Å². The molecule has 338 valence electrons. The highest BCUT2D eigenvalue weighted by atomic mass is 31.2. The Balaban J connectivity index is 1.16. The zero-order valence-corrected chi connectivity index (χ0v) is 42.1. The normalized spacial score (nSPS) is 12.0. The molecule has 0 unspecified atom stereocenters. The van der Waals surface area contributed by atoms with Crippen molar-refractivity contribution in [2.75, 3.05) is 0 Å². The minimum atomic E-state index is -3.20. The molecule has 0 saturated carbocycles. The molecule has 1 heterocycles. The lowest BCUT2D eigenvalue weighted by Crippen LogP contribution is -2.74. The average Bonchev–Trinajstić information content (AvgIpc) is 3.79. The summed E-state index contributed by atoms with van der Waals surface area (Å²) in [4.78, 5) is 0. The van der Waals surface area contributed by atoms with E-state index in [2.05, 4.69) is 247 Å². The molecule has 12 rings (SSSR count). The maximum atomic E-state index is 15.6. The molecule has 0 spiro atoms. The van der Waals surface area contributed by atoms with E-state index in [0.29, 0.717) is 0 Å². The van der Waals surface area contributed by atoms with E-state index in [1.807, 2.05) is 60.7 Å². The van der Waals surface area contributed by atoms with Gasteiger partial charge < -0.3 is 9.13 Å². The fourth-order valence-corrected chi connectivity index (χ4v) is 23.6. The molecule has 11 aromatic carbocycles. The molecule has 0 saturated heterocycles. The van der Waals surface area contributed by atoms with Crippen molar-refractivity contribution in [1.82, 2.24) is 4.57 Å². The van der Waals surface area contributed by atoms with Crippen molar-refractivity contribution in [1.29, 1.82) is 0 Å². The van der Waals surface area contributed by atoms with Gasteiger partial charge in [-0.15, -0.1) is 0 Å². The highest BCUT2D eigenvalue weighted by molar-refractivity contribution is 7.85. The number of hydrogen-bond donors (Lipinski definition) is 0. The van der Waals surface area contributed by atoms with Gasteiger partial charge in [-0.1, -0.05) is 267 Å². The van der Waals surface area contributed by atoms with E-state index in [-0.39, 0.29) is 0 Å². The molecule has 0 aliphatic rings. The number of nitrogens with zero attached hydrogens (tertiary/aromatic N) is 1. The molecule has 2 nitrogen and oxygen atoms in total. The van der Waals surface area contributed by atoms with Gasteiger partial charge in [-0.25, -0.2) is 0 Å². The van der Waals surface area contributed by atoms with Crippen molar-refractivity contribution in [3.63, 3.8) is 0 Å². The highest BCUT2D eigenvalue weighted by Gasteiger charge is 2.43. The molecule has 5 heteroatoms. The second-order valence-corrected chi connectivity index (χ2v) is 28.7. The summed E-state index contributed by atoms with van der Waals surface area (Å²) in [7, 11) is -9.01. The molecular formula is C66H50NOPSi2. The van der Waals surface area contributed by atoms with Crippen molar-refractivity contribution in [2.45, 2.75) is 0 Å². The number of hydrogen-bond acceptors (Lipinski definition) is 1. The van der Waals surface area contributed by atoms with Crippen molar-refractivity contribution in [2.24, 2.45) is 0 Å². The highest BCUT2D eigenvalue weighted by Crippen LogP contribution is 2.43. The summed E-state index contributed by atoms with van der Waals surface area (Å²) in [5, 5.41) is 15.5. The molecule has 0 atom stereocenters. The summed E-state index contributed by atoms with van der Waals surface area (Å²) < 4.78 is 18.0. The average molecular weight is 960 g/mol. The van der Waals surface area contributed by atoms with Crippen LogP contribution in [0, 0.1) is 0 Å². The van der Waals surface area contributed by atoms with Crippen molar-refractivity contribution in [3.8, 4) is 5.69 Å². The topological polar surface area (TPSA) is 22.0 Å². The molecule has 0 aliphatic carbocycles. The second-order valence-electron chi connectivity index (χ2n) is 18.3. The van der Waals surface area contributed by atoms with E-state index >= 15 is 4.57 Å². The van der Waals surface area contributed by atoms with Gasteiger partial charge in [-0.05, 0) is 77.9 Å². The monoisotopic (exact) mass is 959 g/mol. The van der Waals surface area contributed by atoms with Gasteiger partial charge in [0.15, 0.2) is 23.3 Å². The lowest BCUT2D eigenvalue weighted by Gasteiger charge is -2.34. The van der Waals surface area contributed by atoms with Crippen LogP contribution in [0.2, 0.25) is 0 Å². The number of aromatic nitrogens is 1. The smallest absolute Gasteiger partial charge is 0.179 e. The number of rotatable bonds is 12. The molecule has 71 heavy (non-hydrogen) atoms. The lowest BCUT2D eigenvalue weighted by molar-refractivity contribution is 0.592. The summed E-state index contributed by atoms with van der Waals surface area (Å²) in [6.45, 7) is 0. The Kier molecular flexibility index (Phi) is 11.6. The first-order chi connectivity index (χ1) is 35.1. The van der Waals surface area contributed by atoms with Crippen LogP contribution < -0.4 is 57.4 Å². The van der Waals surface area contributed by atoms with Crippen molar-refractivity contribution >= 4 is 103 Å². The molecular weight excluding hydrogens is 910 g/mol. The van der Waals surface area contributed by atoms with Crippen molar-refractivity contribution < 1.29 is 4.57 Å². The molecule has 0 radical (unpaired) electrons. The third-order valence-electron chi connectivity index (χ3n) is 14.6. The Morgan fingerprint density at radius 3 is 0.789 bits per heavy atom. The fraction of sp³-hybridized carbons (Fsp3) is 0. The van der Waals surface area contributed by atoms with Crippen LogP contribution >= 0.6 is 7.14 Å². The van der Waals surface area contributed by atoms with E-state index in [9.17, 15) is 0 Å². The Morgan fingerprint density at radius 1 is 0.254 bits per heavy atom. The molecule has 0 bridgehead atoms. The van der Waals surface area contributed by atoms with E-state index < -0.39 is 23.3 Å². The summed E-state index contributed by atoms with van der Waals surface area (Å²) >= 11 is 0. The Labute approximate surface area is 418 Å². The maximum absolute atomic E-state index is 15.6. The SMILES string of the molecule is O=P(c1ccccc1)(c1ccccc1)c1ccc(-n2c3ccc([Si](c4ccccc4)(c4ccccc4)c4ccccc4)cc3c3cc([Si](c4ccccc4)(c4ccccc4)c4ccccc4)ccc32)cc1. The Hall–Kier alpha value is -8.12. The fourth-order valence-electron chi connectivity index (χ4n) is 11.4. The van der Waals surface area contributed by atoms with Crippen LogP contribution in [-0.2, 0) is 4.57 Å². The van der Waals surface area contributed by atoms with Gasteiger partial charge in [0.05, 0.1) is 11.0 Å². The number of fused-ring (bicyclic) bond motifs is 3. The maximum Gasteiger partial charge on any atom is 0.179 e. The standard InChI is InChI=1S/C66H50NOPSi2/c68-69(52-25-9-1-10-26-52,53-27-11-2-12-28-53)54-43-41-51(42-44-54)67-65-47-45-61(70(55-29-13-3-14-30-55,56-31-15-4-16-32-56)57-33-17-5-18-34-57)49-63(65)64-50-62(46-48-66(64)67)71(58-35-19-6-20-36-58,59-37-21-7-22-38-59)60-39-23-8-24-40-60/h1-50H. The Morgan fingerprint density at radius 2 is 0.507 bits per heavy atom. The largest absolute Gasteiger partial charge is 0.309 e. The molecule has 12 aromatic rings. The van der Waals surface area contributed by atoms with Crippen LogP contribution in [0.3, 0.4) is 0 Å². The van der Waals surface area contributed by atoms with Crippen LogP contribution in [0.5, 0.6) is 0 Å². The van der Waals surface area contributed by atoms with Gasteiger partial charge in [0.1, 0.15) is 0 Å². The first kappa shape index (κ1) is 44.1. The zero-order chi connectivity index (χ0) is 47.7. The van der Waals surface area contributed by atoms with Crippen LogP contribution in [-0.4, -0.2) is 20.7 Å². The predicted octanol–water partition coefficient (Wildman–Crippen LogP) is 9.18. The van der Waals surface area contributed by atoms with Crippen LogP contribution in [0.4, 0.5) is 0 Å². The minimum absolute atomic E-state index is 0.803. The molecule has 0 aliphatic heterocycles. The van der Waals surface area contributed by atoms with Crippen molar-refractivity contribution in [3.05, 3.63) is 303 Å². The summed E-state index contributed by atoms with van der Waals surface area (Å²) in [6.07, 6.45) is 0. The Bertz CT molecular complexity index is 3380. The van der Waals surface area contributed by atoms with Crippen LogP contribution in [0.1, 0.15) is 0 Å². The van der Waals surface area contributed by atoms with Crippen LogP contribution in [0.25, 0.3) is 27.5 Å². The second kappa shape index (κ2) is 18.7. The molecule has 1 aromatic heterocycles. The van der Waals surface area contributed by atoms with Gasteiger partial charge in [0.25, 0.3) is 0 Å². The first-order valence-corrected chi connectivity index (χ1v) is 30.1. The third-order valence-corrected chi connectivity index (χ3v) is 27.2. The van der Waals surface area contributed by atoms with Gasteiger partial charge in [-0.3, -0.25) is 0 Å². The third kappa shape index (κ3) is 7.34. The quantitative estimate of drug-likeness (QED) is 0.0681.